The highest BCUT2D eigenvalue weighted by atomic mass is 32.2. The van der Waals surface area contributed by atoms with E-state index in [2.05, 4.69) is 25.9 Å². The third-order valence-corrected chi connectivity index (χ3v) is 4.77. The Morgan fingerprint density at radius 3 is 2.84 bits per heavy atom. The second-order valence-corrected chi connectivity index (χ2v) is 6.74. The molecule has 10 nitrogen and oxygen atoms in total. The molecule has 0 aliphatic carbocycles. The maximum atomic E-state index is 12.3. The summed E-state index contributed by atoms with van der Waals surface area (Å²) >= 11 is 1.26. The van der Waals surface area contributed by atoms with Gasteiger partial charge in [-0.25, -0.2) is 4.84 Å². The molecule has 0 spiro atoms. The summed E-state index contributed by atoms with van der Waals surface area (Å²) < 4.78 is 0. The minimum Gasteiger partial charge on any atom is -0.350 e. The van der Waals surface area contributed by atoms with E-state index in [9.17, 15) is 14.8 Å². The Morgan fingerprint density at radius 2 is 2.20 bits per heavy atom. The number of hydroxylamine groups is 2. The van der Waals surface area contributed by atoms with Crippen LogP contribution in [0.25, 0.3) is 0 Å². The van der Waals surface area contributed by atoms with Crippen molar-refractivity contribution in [2.75, 3.05) is 0 Å². The molecule has 1 aromatic carbocycles. The monoisotopic (exact) mass is 364 g/mol. The van der Waals surface area contributed by atoms with E-state index in [0.29, 0.717) is 5.16 Å². The lowest BCUT2D eigenvalue weighted by molar-refractivity contribution is -0.324. The number of thioether (sulfide) groups is 1. The average molecular weight is 364 g/mol. The van der Waals surface area contributed by atoms with Crippen LogP contribution in [0.5, 0.6) is 0 Å². The zero-order chi connectivity index (χ0) is 17.8. The molecule has 3 atom stereocenters. The number of aromatic nitrogens is 4. The van der Waals surface area contributed by atoms with Crippen molar-refractivity contribution in [1.29, 1.82) is 0 Å². The fourth-order valence-corrected chi connectivity index (χ4v) is 3.28. The largest absolute Gasteiger partial charge is 0.350 e. The Balaban J connectivity index is 1.56. The quantitative estimate of drug-likeness (QED) is 0.208. The van der Waals surface area contributed by atoms with Crippen LogP contribution in [0.4, 0.5) is 0 Å². The van der Waals surface area contributed by atoms with E-state index in [0.717, 1.165) is 5.56 Å². The van der Waals surface area contributed by atoms with Crippen molar-refractivity contribution in [3.05, 3.63) is 35.9 Å². The summed E-state index contributed by atoms with van der Waals surface area (Å²) in [6, 6.07) is 8.58. The number of β-lactam (4-membered cyclic amide) rings is 1. The first-order valence-electron chi connectivity index (χ1n) is 7.46. The number of carbonyl (C=O) groups is 2. The second-order valence-electron chi connectivity index (χ2n) is 5.40. The predicted octanol–water partition coefficient (Wildman–Crippen LogP) is 0.145. The zero-order valence-corrected chi connectivity index (χ0v) is 14.0. The molecule has 0 saturated carbocycles. The Bertz CT molecular complexity index is 728. The Hall–Kier alpha value is -2.50. The highest BCUT2D eigenvalue weighted by Crippen LogP contribution is 2.30. The van der Waals surface area contributed by atoms with Crippen LogP contribution in [-0.4, -0.2) is 54.2 Å². The van der Waals surface area contributed by atoms with E-state index in [-0.39, 0.29) is 17.1 Å². The number of tetrazole rings is 1. The van der Waals surface area contributed by atoms with Gasteiger partial charge in [-0.2, -0.15) is 5.21 Å². The topological polar surface area (TPSA) is 133 Å². The normalized spacial score (nSPS) is 20.5. The molecule has 0 bridgehead atoms. The molecule has 1 saturated heterocycles. The van der Waals surface area contributed by atoms with E-state index < -0.39 is 23.8 Å². The number of nitrogens with zero attached hydrogens (tertiary/aromatic N) is 4. The van der Waals surface area contributed by atoms with Crippen molar-refractivity contribution >= 4 is 23.6 Å². The van der Waals surface area contributed by atoms with Crippen LogP contribution in [0, 0.1) is 5.92 Å². The molecule has 3 N–H and O–H groups in total. The molecule has 2 amide bonds. The number of H-pyrrole nitrogens is 1. The number of nitrogens with one attached hydrogen (secondary N) is 2. The molecule has 11 heteroatoms. The van der Waals surface area contributed by atoms with Crippen molar-refractivity contribution in [2.45, 2.75) is 30.0 Å². The number of hydrogen-bond donors (Lipinski definition) is 3. The number of amides is 2. The van der Waals surface area contributed by atoms with Gasteiger partial charge in [0.05, 0.1) is 6.04 Å². The molecule has 1 fully saturated rings. The van der Waals surface area contributed by atoms with Crippen LogP contribution >= 0.6 is 11.8 Å². The zero-order valence-electron chi connectivity index (χ0n) is 13.2. The van der Waals surface area contributed by atoms with Gasteiger partial charge in [0.15, 0.2) is 0 Å². The standard InChI is InChI=1S/C14H16N6O4S/c1-8(25-14-16-18-19-17-14)11-10(12(21)15-11)13(22)20(23)24-7-9-5-3-2-4-6-9/h2-6,8,10-11,23H,7H2,1H3,(H,15,21)(H,16,17,18,19)/t8?,10-,11+/m1/s1. The Kier molecular flexibility index (Phi) is 5.26. The molecule has 25 heavy (non-hydrogen) atoms. The van der Waals surface area contributed by atoms with E-state index in [1.807, 2.05) is 25.1 Å². The van der Waals surface area contributed by atoms with Crippen LogP contribution in [0.3, 0.4) is 0 Å². The summed E-state index contributed by atoms with van der Waals surface area (Å²) in [7, 11) is 0. The third-order valence-electron chi connectivity index (χ3n) is 3.72. The van der Waals surface area contributed by atoms with Gasteiger partial charge in [-0.05, 0) is 10.8 Å². The van der Waals surface area contributed by atoms with Crippen LogP contribution in [0.1, 0.15) is 12.5 Å². The number of rotatable bonds is 7. The highest BCUT2D eigenvalue weighted by Gasteiger charge is 2.49. The van der Waals surface area contributed by atoms with Crippen molar-refractivity contribution in [2.24, 2.45) is 5.92 Å². The van der Waals surface area contributed by atoms with Gasteiger partial charge in [-0.3, -0.25) is 14.8 Å². The van der Waals surface area contributed by atoms with Crippen LogP contribution < -0.4 is 5.32 Å². The van der Waals surface area contributed by atoms with Crippen LogP contribution in [0.15, 0.2) is 35.5 Å². The minimum atomic E-state index is -1.03. The first-order chi connectivity index (χ1) is 12.1. The van der Waals surface area contributed by atoms with Crippen molar-refractivity contribution in [1.82, 2.24) is 31.2 Å². The molecule has 2 aromatic rings. The number of hydrogen-bond acceptors (Lipinski definition) is 8. The Labute approximate surface area is 146 Å². The van der Waals surface area contributed by atoms with E-state index in [1.54, 1.807) is 12.1 Å². The SMILES string of the molecule is CC(Sc1nn[nH]n1)[C@@H]1NC(=O)[C@@H]1C(=O)N(O)OCc1ccccc1. The first kappa shape index (κ1) is 17.3. The molecule has 132 valence electrons. The summed E-state index contributed by atoms with van der Waals surface area (Å²) in [5, 5.41) is 26.2. The summed E-state index contributed by atoms with van der Waals surface area (Å²) in [5.74, 6) is -2.31. The number of benzene rings is 1. The Morgan fingerprint density at radius 1 is 1.44 bits per heavy atom. The van der Waals surface area contributed by atoms with Crippen LogP contribution in [0.2, 0.25) is 0 Å². The molecule has 1 aliphatic heterocycles. The highest BCUT2D eigenvalue weighted by molar-refractivity contribution is 7.99. The van der Waals surface area contributed by atoms with Gasteiger partial charge in [0.1, 0.15) is 12.5 Å². The maximum Gasteiger partial charge on any atom is 0.287 e. The molecular formula is C14H16N6O4S. The smallest absolute Gasteiger partial charge is 0.287 e. The molecule has 3 rings (SSSR count). The summed E-state index contributed by atoms with van der Waals surface area (Å²) in [6.45, 7) is 1.83. The van der Waals surface area contributed by atoms with Gasteiger partial charge in [0.25, 0.3) is 5.91 Å². The fourth-order valence-electron chi connectivity index (χ4n) is 2.39. The second kappa shape index (κ2) is 7.59. The molecule has 0 radical (unpaired) electrons. The van der Waals surface area contributed by atoms with Crippen LogP contribution in [-0.2, 0) is 21.0 Å². The predicted molar refractivity (Wildman–Crippen MR) is 84.8 cm³/mol. The van der Waals surface area contributed by atoms with E-state index >= 15 is 0 Å². The van der Waals surface area contributed by atoms with Crippen molar-refractivity contribution < 1.29 is 19.6 Å². The van der Waals surface area contributed by atoms with Gasteiger partial charge in [0.2, 0.25) is 11.1 Å². The molecule has 1 aliphatic rings. The lowest BCUT2D eigenvalue weighted by Gasteiger charge is -2.39. The van der Waals surface area contributed by atoms with Gasteiger partial charge in [-0.1, -0.05) is 54.2 Å². The number of aromatic amines is 1. The van der Waals surface area contributed by atoms with Gasteiger partial charge >= 0.3 is 0 Å². The fraction of sp³-hybridized carbons (Fsp3) is 0.357. The molecule has 1 aromatic heterocycles. The molecular weight excluding hydrogens is 348 g/mol. The summed E-state index contributed by atoms with van der Waals surface area (Å²) in [5.41, 5.74) is 0.782. The van der Waals surface area contributed by atoms with Crippen molar-refractivity contribution in [3.63, 3.8) is 0 Å². The van der Waals surface area contributed by atoms with Crippen molar-refractivity contribution in [3.8, 4) is 0 Å². The molecule has 2 heterocycles. The average Bonchev–Trinajstić information content (AvgIpc) is 3.11. The maximum absolute atomic E-state index is 12.3. The van der Waals surface area contributed by atoms with E-state index in [1.165, 1.54) is 11.8 Å². The first-order valence-corrected chi connectivity index (χ1v) is 8.34. The summed E-state index contributed by atoms with van der Waals surface area (Å²) in [6.07, 6.45) is 0. The number of carbonyl (C=O) groups excluding carboxylic acids is 2. The molecule has 1 unspecified atom stereocenters. The van der Waals surface area contributed by atoms with E-state index in [4.69, 9.17) is 4.84 Å². The summed E-state index contributed by atoms with van der Waals surface area (Å²) in [4.78, 5) is 29.1. The van der Waals surface area contributed by atoms with Gasteiger partial charge < -0.3 is 5.32 Å². The van der Waals surface area contributed by atoms with Gasteiger partial charge in [-0.15, -0.1) is 10.2 Å². The minimum absolute atomic E-state index is 0.00918. The van der Waals surface area contributed by atoms with Gasteiger partial charge in [0, 0.05) is 5.25 Å². The third kappa shape index (κ3) is 3.95. The lowest BCUT2D eigenvalue weighted by atomic mass is 9.87. The lowest BCUT2D eigenvalue weighted by Crippen LogP contribution is -2.66.